The van der Waals surface area contributed by atoms with Gasteiger partial charge in [-0.1, -0.05) is 24.3 Å². The molecule has 0 N–H and O–H groups in total. The third-order valence-corrected chi connectivity index (χ3v) is 5.34. The molecule has 0 bridgehead atoms. The van der Waals surface area contributed by atoms with Crippen LogP contribution in [0.4, 0.5) is 4.79 Å². The van der Waals surface area contributed by atoms with Crippen LogP contribution in [0.15, 0.2) is 36.9 Å². The van der Waals surface area contributed by atoms with Crippen LogP contribution < -0.4 is 0 Å². The van der Waals surface area contributed by atoms with E-state index in [2.05, 4.69) is 6.58 Å². The van der Waals surface area contributed by atoms with Crippen LogP contribution in [0.1, 0.15) is 16.5 Å². The number of benzene rings is 1. The third kappa shape index (κ3) is 3.25. The van der Waals surface area contributed by atoms with Crippen molar-refractivity contribution >= 4 is 52.0 Å². The molecule has 1 aliphatic rings. The van der Waals surface area contributed by atoms with Crippen LogP contribution in [-0.4, -0.2) is 42.0 Å². The van der Waals surface area contributed by atoms with Crippen LogP contribution in [0.2, 0.25) is 0 Å². The molecular weight excluding hydrogens is 347 g/mol. The molecule has 0 aliphatic carbocycles. The Bertz CT molecular complexity index is 782. The molecule has 0 saturated heterocycles. The predicted molar refractivity (Wildman–Crippen MR) is 96.7 cm³/mol. The van der Waals surface area contributed by atoms with Crippen molar-refractivity contribution in [3.8, 4) is 0 Å². The van der Waals surface area contributed by atoms with Gasteiger partial charge >= 0.3 is 5.37 Å². The van der Waals surface area contributed by atoms with Gasteiger partial charge in [0.1, 0.15) is 6.04 Å². The first-order chi connectivity index (χ1) is 11.7. The Kier molecular flexibility index (Phi) is 5.35. The summed E-state index contributed by atoms with van der Waals surface area (Å²) >= 11 is 7.36. The number of nitrogens with zero attached hydrogens (tertiary/aromatic N) is 2. The highest BCUT2D eigenvalue weighted by molar-refractivity contribution is 7.19. The lowest BCUT2D eigenvalue weighted by Crippen LogP contribution is -2.44. The zero-order chi connectivity index (χ0) is 17.1. The molecule has 1 unspecified atom stereocenters. The van der Waals surface area contributed by atoms with Crippen molar-refractivity contribution in [2.24, 2.45) is 0 Å². The van der Waals surface area contributed by atoms with Crippen molar-refractivity contribution in [1.82, 2.24) is 9.87 Å². The molecule has 0 fully saturated rings. The van der Waals surface area contributed by atoms with E-state index in [1.165, 1.54) is 12.5 Å². The van der Waals surface area contributed by atoms with Crippen LogP contribution >= 0.6 is 22.9 Å². The Morgan fingerprint density at radius 3 is 3.04 bits per heavy atom. The summed E-state index contributed by atoms with van der Waals surface area (Å²) in [5.41, 5.74) is 1.09. The predicted octanol–water partition coefficient (Wildman–Crippen LogP) is 3.35. The number of hydrogen-bond acceptors (Lipinski definition) is 5. The summed E-state index contributed by atoms with van der Waals surface area (Å²) < 4.78 is 1.13. The highest BCUT2D eigenvalue weighted by Gasteiger charge is 2.35. The summed E-state index contributed by atoms with van der Waals surface area (Å²) in [7, 11) is 1.48. The largest absolute Gasteiger partial charge is 0.340 e. The van der Waals surface area contributed by atoms with E-state index in [1.54, 1.807) is 17.4 Å². The smallest absolute Gasteiger partial charge is 0.334 e. The number of rotatable bonds is 6. The van der Waals surface area contributed by atoms with Gasteiger partial charge in [-0.15, -0.1) is 17.9 Å². The number of thiophene rings is 1. The van der Waals surface area contributed by atoms with Crippen LogP contribution in [0.25, 0.3) is 10.1 Å². The average Bonchev–Trinajstić information content (AvgIpc) is 2.94. The molecule has 2 aromatic rings. The number of carbonyl (C=O) groups excluding carboxylic acids is 2. The van der Waals surface area contributed by atoms with Crippen molar-refractivity contribution in [3.63, 3.8) is 0 Å². The molecule has 5 nitrogen and oxygen atoms in total. The molecule has 1 aliphatic heterocycles. The minimum atomic E-state index is -0.696. The molecule has 8 heteroatoms. The van der Waals surface area contributed by atoms with Crippen molar-refractivity contribution in [2.45, 2.75) is 12.6 Å². The van der Waals surface area contributed by atoms with E-state index < -0.39 is 5.37 Å². The summed E-state index contributed by atoms with van der Waals surface area (Å²) in [6.07, 6.45) is 2.30. The van der Waals surface area contributed by atoms with Crippen molar-refractivity contribution in [1.29, 1.82) is 0 Å². The highest BCUT2D eigenvalue weighted by atomic mass is 35.5. The zero-order valence-electron chi connectivity index (χ0n) is 12.9. The molecule has 2 heterocycles. The maximum absolute atomic E-state index is 11.9. The Balaban J connectivity index is 2.06. The standard InChI is InChI=1S/C16H15BClN2O3S/c1-2-7-23-20(16(18)22)13-9-19(17-10-21)8-12-11-5-3-4-6-14(11)24-15(12)13/h2-6,10,13H,1,7-9H2. The molecule has 3 rings (SSSR count). The van der Waals surface area contributed by atoms with Gasteiger partial charge in [0.2, 0.25) is 0 Å². The Labute approximate surface area is 149 Å². The average molecular weight is 362 g/mol. The minimum absolute atomic E-state index is 0.173. The molecule has 1 radical (unpaired) electrons. The van der Waals surface area contributed by atoms with Crippen LogP contribution in [0.5, 0.6) is 0 Å². The Hall–Kier alpha value is -1.67. The lowest BCUT2D eigenvalue weighted by atomic mass is 9.88. The van der Waals surface area contributed by atoms with Crippen LogP contribution in [0, 0.1) is 0 Å². The molecule has 1 amide bonds. The van der Waals surface area contributed by atoms with Gasteiger partial charge in [-0.25, -0.2) is 0 Å². The second-order valence-corrected chi connectivity index (χ2v) is 6.74. The quantitative estimate of drug-likeness (QED) is 0.198. The molecule has 24 heavy (non-hydrogen) atoms. The summed E-state index contributed by atoms with van der Waals surface area (Å²) in [6, 6.07) is 7.66. The van der Waals surface area contributed by atoms with E-state index in [0.717, 1.165) is 26.7 Å². The fourth-order valence-corrected chi connectivity index (χ4v) is 4.35. The van der Waals surface area contributed by atoms with Crippen molar-refractivity contribution in [2.75, 3.05) is 13.2 Å². The molecule has 123 valence electrons. The fraction of sp³-hybridized carbons (Fsp3) is 0.250. The number of hydroxylamine groups is 2. The van der Waals surface area contributed by atoms with Gasteiger partial charge < -0.3 is 9.61 Å². The second kappa shape index (κ2) is 7.48. The van der Waals surface area contributed by atoms with E-state index >= 15 is 0 Å². The van der Waals surface area contributed by atoms with E-state index in [9.17, 15) is 9.59 Å². The van der Waals surface area contributed by atoms with Gasteiger partial charge in [-0.2, -0.15) is 5.06 Å². The number of hydrogen-bond donors (Lipinski definition) is 0. The Morgan fingerprint density at radius 1 is 1.54 bits per heavy atom. The van der Waals surface area contributed by atoms with E-state index in [-0.39, 0.29) is 12.6 Å². The monoisotopic (exact) mass is 361 g/mol. The first-order valence-electron chi connectivity index (χ1n) is 7.41. The molecule has 0 saturated carbocycles. The number of carbonyl (C=O) groups is 2. The normalized spacial score (nSPS) is 17.3. The lowest BCUT2D eigenvalue weighted by molar-refractivity contribution is -0.131. The van der Waals surface area contributed by atoms with Gasteiger partial charge in [0.05, 0.1) is 12.8 Å². The topological polar surface area (TPSA) is 49.9 Å². The summed E-state index contributed by atoms with van der Waals surface area (Å²) in [5.74, 6) is 0. The molecule has 1 aromatic carbocycles. The maximum atomic E-state index is 11.9. The molecule has 1 atom stereocenters. The lowest BCUT2D eigenvalue weighted by Gasteiger charge is -2.36. The zero-order valence-corrected chi connectivity index (χ0v) is 14.4. The first kappa shape index (κ1) is 17.2. The molecular formula is C16H15BClN2O3S. The first-order valence-corrected chi connectivity index (χ1v) is 8.60. The Morgan fingerprint density at radius 2 is 2.33 bits per heavy atom. The van der Waals surface area contributed by atoms with Crippen LogP contribution in [-0.2, 0) is 16.2 Å². The van der Waals surface area contributed by atoms with Gasteiger partial charge in [-0.3, -0.25) is 9.63 Å². The second-order valence-electron chi connectivity index (χ2n) is 5.33. The summed E-state index contributed by atoms with van der Waals surface area (Å²) in [5, 5.41) is 1.60. The van der Waals surface area contributed by atoms with E-state index in [4.69, 9.17) is 16.4 Å². The number of amides is 1. The van der Waals surface area contributed by atoms with E-state index in [1.807, 2.05) is 29.1 Å². The fourth-order valence-electron chi connectivity index (χ4n) is 2.90. The van der Waals surface area contributed by atoms with Crippen molar-refractivity contribution < 1.29 is 14.4 Å². The summed E-state index contributed by atoms with van der Waals surface area (Å²) in [4.78, 5) is 31.2. The van der Waals surface area contributed by atoms with Gasteiger partial charge in [-0.05, 0) is 28.6 Å². The van der Waals surface area contributed by atoms with Gasteiger partial charge in [0.15, 0.2) is 0 Å². The van der Waals surface area contributed by atoms with Crippen molar-refractivity contribution in [3.05, 3.63) is 47.4 Å². The van der Waals surface area contributed by atoms with Gasteiger partial charge in [0, 0.05) is 22.7 Å². The number of halogens is 1. The molecule has 0 spiro atoms. The van der Waals surface area contributed by atoms with Gasteiger partial charge in [0.25, 0.3) is 7.41 Å². The molecule has 1 aromatic heterocycles. The number of fused-ring (bicyclic) bond motifs is 3. The summed E-state index contributed by atoms with van der Waals surface area (Å²) in [6.45, 7) is 4.82. The minimum Gasteiger partial charge on any atom is -0.334 e. The maximum Gasteiger partial charge on any atom is 0.340 e. The SMILES string of the molecule is C=CCON(C(=O)Cl)C1CN([B]C=O)Cc2c1sc1ccccc21. The van der Waals surface area contributed by atoms with Crippen LogP contribution in [0.3, 0.4) is 0 Å². The third-order valence-electron chi connectivity index (χ3n) is 3.86. The van der Waals surface area contributed by atoms with E-state index in [0.29, 0.717) is 13.1 Å². The highest BCUT2D eigenvalue weighted by Crippen LogP contribution is 2.41.